The molecule has 0 aliphatic heterocycles. The summed E-state index contributed by atoms with van der Waals surface area (Å²) in [6.45, 7) is 0. The SMILES string of the molecule is Fc1cccc(CC2CCC2)c1. The third kappa shape index (κ3) is 1.66. The quantitative estimate of drug-likeness (QED) is 0.629. The van der Waals surface area contributed by atoms with Gasteiger partial charge >= 0.3 is 0 Å². The summed E-state index contributed by atoms with van der Waals surface area (Å²) in [7, 11) is 0. The van der Waals surface area contributed by atoms with Gasteiger partial charge < -0.3 is 0 Å². The van der Waals surface area contributed by atoms with Gasteiger partial charge in [0.25, 0.3) is 0 Å². The predicted molar refractivity (Wildman–Crippen MR) is 47.4 cm³/mol. The van der Waals surface area contributed by atoms with E-state index in [1.807, 2.05) is 6.07 Å². The Bertz CT molecular complexity index is 263. The van der Waals surface area contributed by atoms with Crippen LogP contribution in [0.25, 0.3) is 0 Å². The van der Waals surface area contributed by atoms with Crippen molar-refractivity contribution < 1.29 is 4.39 Å². The molecule has 1 aromatic rings. The van der Waals surface area contributed by atoms with Crippen LogP contribution in [-0.2, 0) is 6.42 Å². The fourth-order valence-corrected chi connectivity index (χ4v) is 1.69. The fraction of sp³-hybridized carbons (Fsp3) is 0.455. The van der Waals surface area contributed by atoms with Crippen LogP contribution in [0.5, 0.6) is 0 Å². The van der Waals surface area contributed by atoms with Gasteiger partial charge in [0.15, 0.2) is 0 Å². The molecule has 1 fully saturated rings. The van der Waals surface area contributed by atoms with E-state index in [-0.39, 0.29) is 5.82 Å². The lowest BCUT2D eigenvalue weighted by Gasteiger charge is -2.25. The monoisotopic (exact) mass is 164 g/mol. The van der Waals surface area contributed by atoms with Gasteiger partial charge in [0.05, 0.1) is 0 Å². The molecule has 1 heteroatoms. The van der Waals surface area contributed by atoms with Crippen LogP contribution >= 0.6 is 0 Å². The molecule has 0 N–H and O–H groups in total. The van der Waals surface area contributed by atoms with Crippen LogP contribution in [0.1, 0.15) is 24.8 Å². The largest absolute Gasteiger partial charge is 0.207 e. The van der Waals surface area contributed by atoms with Crippen molar-refractivity contribution in [2.75, 3.05) is 0 Å². The normalized spacial score (nSPS) is 17.4. The summed E-state index contributed by atoms with van der Waals surface area (Å²) < 4.78 is 12.7. The van der Waals surface area contributed by atoms with Crippen LogP contribution < -0.4 is 0 Å². The van der Waals surface area contributed by atoms with Crippen molar-refractivity contribution in [2.24, 2.45) is 5.92 Å². The van der Waals surface area contributed by atoms with Crippen molar-refractivity contribution in [3.05, 3.63) is 35.6 Å². The molecule has 1 aliphatic carbocycles. The van der Waals surface area contributed by atoms with Gasteiger partial charge in [-0.2, -0.15) is 0 Å². The molecule has 1 aliphatic rings. The van der Waals surface area contributed by atoms with Crippen molar-refractivity contribution in [2.45, 2.75) is 25.7 Å². The molecule has 0 spiro atoms. The predicted octanol–water partition coefficient (Wildman–Crippen LogP) is 3.17. The zero-order valence-electron chi connectivity index (χ0n) is 7.09. The van der Waals surface area contributed by atoms with E-state index in [1.54, 1.807) is 12.1 Å². The third-order valence-electron chi connectivity index (χ3n) is 2.64. The first kappa shape index (κ1) is 7.78. The Hall–Kier alpha value is -0.850. The highest BCUT2D eigenvalue weighted by Gasteiger charge is 2.17. The van der Waals surface area contributed by atoms with Crippen LogP contribution in [0.4, 0.5) is 4.39 Å². The van der Waals surface area contributed by atoms with E-state index in [1.165, 1.54) is 25.3 Å². The maximum absolute atomic E-state index is 12.7. The lowest BCUT2D eigenvalue weighted by Crippen LogP contribution is -2.13. The van der Waals surface area contributed by atoms with Crippen molar-refractivity contribution in [1.29, 1.82) is 0 Å². The molecule has 0 radical (unpaired) electrons. The summed E-state index contributed by atoms with van der Waals surface area (Å²) in [5.74, 6) is 0.721. The molecule has 64 valence electrons. The molecule has 0 atom stereocenters. The molecular formula is C11H13F. The first-order valence-corrected chi connectivity index (χ1v) is 4.59. The van der Waals surface area contributed by atoms with E-state index < -0.39 is 0 Å². The average molecular weight is 164 g/mol. The van der Waals surface area contributed by atoms with Gasteiger partial charge in [-0.3, -0.25) is 0 Å². The lowest BCUT2D eigenvalue weighted by atomic mass is 9.81. The number of hydrogen-bond acceptors (Lipinski definition) is 0. The van der Waals surface area contributed by atoms with Gasteiger partial charge in [0, 0.05) is 0 Å². The minimum atomic E-state index is -0.105. The third-order valence-corrected chi connectivity index (χ3v) is 2.64. The van der Waals surface area contributed by atoms with Crippen LogP contribution in [0.2, 0.25) is 0 Å². The molecule has 2 rings (SSSR count). The second-order valence-corrected chi connectivity index (χ2v) is 3.63. The van der Waals surface area contributed by atoms with Crippen LogP contribution in [0.3, 0.4) is 0 Å². The van der Waals surface area contributed by atoms with E-state index in [9.17, 15) is 4.39 Å². The minimum absolute atomic E-state index is 0.105. The summed E-state index contributed by atoms with van der Waals surface area (Å²) in [5, 5.41) is 0. The van der Waals surface area contributed by atoms with E-state index in [4.69, 9.17) is 0 Å². The molecule has 0 heterocycles. The lowest BCUT2D eigenvalue weighted by molar-refractivity contribution is 0.314. The van der Waals surface area contributed by atoms with Crippen LogP contribution in [-0.4, -0.2) is 0 Å². The van der Waals surface area contributed by atoms with Crippen molar-refractivity contribution in [3.8, 4) is 0 Å². The summed E-state index contributed by atoms with van der Waals surface area (Å²) in [6.07, 6.45) is 5.09. The minimum Gasteiger partial charge on any atom is -0.207 e. The Morgan fingerprint density at radius 1 is 1.33 bits per heavy atom. The highest BCUT2D eigenvalue weighted by atomic mass is 19.1. The smallest absolute Gasteiger partial charge is 0.123 e. The maximum Gasteiger partial charge on any atom is 0.123 e. The number of rotatable bonds is 2. The average Bonchev–Trinajstić information content (AvgIpc) is 1.97. The second kappa shape index (κ2) is 3.26. The molecule has 1 saturated carbocycles. The Balaban J connectivity index is 2.02. The van der Waals surface area contributed by atoms with Gasteiger partial charge in [-0.25, -0.2) is 4.39 Å². The molecule has 0 amide bonds. The van der Waals surface area contributed by atoms with E-state index in [0.29, 0.717) is 0 Å². The highest BCUT2D eigenvalue weighted by molar-refractivity contribution is 5.17. The van der Waals surface area contributed by atoms with E-state index in [0.717, 1.165) is 17.9 Å². The van der Waals surface area contributed by atoms with E-state index in [2.05, 4.69) is 0 Å². The molecule has 12 heavy (non-hydrogen) atoms. The van der Waals surface area contributed by atoms with Gasteiger partial charge in [-0.1, -0.05) is 31.4 Å². The van der Waals surface area contributed by atoms with Gasteiger partial charge in [0.1, 0.15) is 5.82 Å². The number of benzene rings is 1. The molecule has 0 unspecified atom stereocenters. The Morgan fingerprint density at radius 2 is 2.17 bits per heavy atom. The first-order chi connectivity index (χ1) is 5.84. The number of halogens is 1. The van der Waals surface area contributed by atoms with Crippen molar-refractivity contribution in [3.63, 3.8) is 0 Å². The molecule has 1 aromatic carbocycles. The van der Waals surface area contributed by atoms with Crippen molar-refractivity contribution >= 4 is 0 Å². The Kier molecular flexibility index (Phi) is 2.11. The molecular weight excluding hydrogens is 151 g/mol. The van der Waals surface area contributed by atoms with Gasteiger partial charge in [-0.05, 0) is 30.0 Å². The van der Waals surface area contributed by atoms with Gasteiger partial charge in [0.2, 0.25) is 0 Å². The molecule has 0 bridgehead atoms. The molecule has 0 aromatic heterocycles. The van der Waals surface area contributed by atoms with Crippen LogP contribution in [0.15, 0.2) is 24.3 Å². The Morgan fingerprint density at radius 3 is 2.75 bits per heavy atom. The summed E-state index contributed by atoms with van der Waals surface area (Å²) in [4.78, 5) is 0. The number of hydrogen-bond donors (Lipinski definition) is 0. The molecule has 0 nitrogen and oxygen atoms in total. The molecule has 0 saturated heterocycles. The van der Waals surface area contributed by atoms with Gasteiger partial charge in [-0.15, -0.1) is 0 Å². The van der Waals surface area contributed by atoms with Crippen molar-refractivity contribution in [1.82, 2.24) is 0 Å². The second-order valence-electron chi connectivity index (χ2n) is 3.63. The Labute approximate surface area is 72.4 Å². The zero-order chi connectivity index (χ0) is 8.39. The fourth-order valence-electron chi connectivity index (χ4n) is 1.69. The maximum atomic E-state index is 12.7. The van der Waals surface area contributed by atoms with E-state index >= 15 is 0 Å². The first-order valence-electron chi connectivity index (χ1n) is 4.59. The highest BCUT2D eigenvalue weighted by Crippen LogP contribution is 2.29. The summed E-state index contributed by atoms with van der Waals surface area (Å²) >= 11 is 0. The standard InChI is InChI=1S/C11H13F/c12-11-6-2-5-10(8-11)7-9-3-1-4-9/h2,5-6,8-9H,1,3-4,7H2. The topological polar surface area (TPSA) is 0 Å². The van der Waals surface area contributed by atoms with Crippen LogP contribution in [0, 0.1) is 11.7 Å². The summed E-state index contributed by atoms with van der Waals surface area (Å²) in [6, 6.07) is 6.97. The summed E-state index contributed by atoms with van der Waals surface area (Å²) in [5.41, 5.74) is 1.15. The zero-order valence-corrected chi connectivity index (χ0v) is 7.09.